The van der Waals surface area contributed by atoms with Crippen LogP contribution in [0.5, 0.6) is 5.75 Å². The molecular formula is C17H19ClN4O3. The van der Waals surface area contributed by atoms with E-state index in [4.69, 9.17) is 16.3 Å². The van der Waals surface area contributed by atoms with Crippen molar-refractivity contribution in [1.29, 1.82) is 0 Å². The van der Waals surface area contributed by atoms with Crippen LogP contribution in [0.15, 0.2) is 42.9 Å². The van der Waals surface area contributed by atoms with Crippen LogP contribution in [-0.2, 0) is 4.79 Å². The molecular weight excluding hydrogens is 344 g/mol. The van der Waals surface area contributed by atoms with Gasteiger partial charge < -0.3 is 20.1 Å². The van der Waals surface area contributed by atoms with Crippen LogP contribution in [0.2, 0.25) is 5.02 Å². The van der Waals surface area contributed by atoms with Crippen molar-refractivity contribution in [2.24, 2.45) is 0 Å². The quantitative estimate of drug-likeness (QED) is 0.832. The van der Waals surface area contributed by atoms with Gasteiger partial charge >= 0.3 is 0 Å². The molecule has 1 aromatic carbocycles. The first-order chi connectivity index (χ1) is 12.1. The average Bonchev–Trinajstić information content (AvgIpc) is 2.63. The number of amides is 1. The maximum absolute atomic E-state index is 12.1. The number of ether oxygens (including phenoxy) is 1. The number of anilines is 1. The number of β-amino-alcohol motifs (C(OH)–C–C–N with tert-alkyl or cyclic N) is 1. The van der Waals surface area contributed by atoms with Crippen molar-refractivity contribution in [2.75, 3.05) is 24.6 Å². The maximum Gasteiger partial charge on any atom is 0.258 e. The van der Waals surface area contributed by atoms with Crippen LogP contribution in [0.25, 0.3) is 0 Å². The number of carbonyl (C=O) groups is 1. The average molecular weight is 363 g/mol. The van der Waals surface area contributed by atoms with Gasteiger partial charge in [0.1, 0.15) is 11.6 Å². The Balaban J connectivity index is 1.49. The van der Waals surface area contributed by atoms with Crippen LogP contribution in [0.3, 0.4) is 0 Å². The molecule has 0 spiro atoms. The Labute approximate surface area is 150 Å². The summed E-state index contributed by atoms with van der Waals surface area (Å²) >= 11 is 5.98. The summed E-state index contributed by atoms with van der Waals surface area (Å²) in [6, 6.07) is 6.64. The molecule has 2 aromatic rings. The van der Waals surface area contributed by atoms with Gasteiger partial charge in [-0.15, -0.1) is 0 Å². The lowest BCUT2D eigenvalue weighted by atomic mass is 10.0. The number of aliphatic hydroxyl groups is 1. The normalized spacial score (nSPS) is 20.2. The summed E-state index contributed by atoms with van der Waals surface area (Å²) in [7, 11) is 0. The highest BCUT2D eigenvalue weighted by molar-refractivity contribution is 6.32. The van der Waals surface area contributed by atoms with E-state index >= 15 is 0 Å². The van der Waals surface area contributed by atoms with Gasteiger partial charge in [0.05, 0.1) is 23.4 Å². The highest BCUT2D eigenvalue weighted by atomic mass is 35.5. The summed E-state index contributed by atoms with van der Waals surface area (Å²) in [4.78, 5) is 22.3. The number of nitrogens with zero attached hydrogens (tertiary/aromatic N) is 3. The fourth-order valence-electron chi connectivity index (χ4n) is 2.72. The smallest absolute Gasteiger partial charge is 0.258 e. The molecule has 1 aliphatic heterocycles. The van der Waals surface area contributed by atoms with Gasteiger partial charge in [-0.05, 0) is 18.6 Å². The van der Waals surface area contributed by atoms with E-state index < -0.39 is 6.10 Å². The molecule has 0 aliphatic carbocycles. The summed E-state index contributed by atoms with van der Waals surface area (Å²) in [5.41, 5.74) is 0. The van der Waals surface area contributed by atoms with Crippen molar-refractivity contribution >= 4 is 23.3 Å². The van der Waals surface area contributed by atoms with Crippen LogP contribution in [0.1, 0.15) is 6.42 Å². The molecule has 0 radical (unpaired) electrons. The number of rotatable bonds is 5. The molecule has 1 saturated heterocycles. The van der Waals surface area contributed by atoms with Gasteiger partial charge in [0, 0.05) is 25.5 Å². The Morgan fingerprint density at radius 2 is 2.24 bits per heavy atom. The van der Waals surface area contributed by atoms with Gasteiger partial charge in [-0.25, -0.2) is 4.98 Å². The summed E-state index contributed by atoms with van der Waals surface area (Å²) in [5.74, 6) is 0.877. The lowest BCUT2D eigenvalue weighted by Crippen LogP contribution is -2.55. The Morgan fingerprint density at radius 1 is 1.40 bits per heavy atom. The Bertz CT molecular complexity index is 716. The van der Waals surface area contributed by atoms with E-state index in [9.17, 15) is 9.90 Å². The van der Waals surface area contributed by atoms with E-state index in [-0.39, 0.29) is 18.6 Å². The van der Waals surface area contributed by atoms with Crippen molar-refractivity contribution in [3.63, 3.8) is 0 Å². The summed E-state index contributed by atoms with van der Waals surface area (Å²) in [6.45, 7) is 0.905. The third-order valence-electron chi connectivity index (χ3n) is 4.00. The van der Waals surface area contributed by atoms with Crippen molar-refractivity contribution in [2.45, 2.75) is 18.6 Å². The SMILES string of the molecule is O=C(COc1ccccc1Cl)N[C@@H]1CCN(c2cnccn2)C[C@H]1O. The molecule has 2 heterocycles. The number of nitrogens with one attached hydrogen (secondary N) is 1. The van der Waals surface area contributed by atoms with Gasteiger partial charge in [-0.3, -0.25) is 9.78 Å². The number of hydrogen-bond donors (Lipinski definition) is 2. The summed E-state index contributed by atoms with van der Waals surface area (Å²) < 4.78 is 5.41. The second-order valence-corrected chi connectivity index (χ2v) is 6.17. The van der Waals surface area contributed by atoms with Crippen molar-refractivity contribution in [3.05, 3.63) is 47.9 Å². The van der Waals surface area contributed by atoms with E-state index in [1.807, 2.05) is 4.90 Å². The second-order valence-electron chi connectivity index (χ2n) is 5.76. The molecule has 3 rings (SSSR count). The largest absolute Gasteiger partial charge is 0.482 e. The predicted octanol–water partition coefficient (Wildman–Crippen LogP) is 1.26. The molecule has 132 valence electrons. The van der Waals surface area contributed by atoms with Crippen LogP contribution in [0, 0.1) is 0 Å². The first-order valence-corrected chi connectivity index (χ1v) is 8.37. The summed E-state index contributed by atoms with van der Waals surface area (Å²) in [6.07, 6.45) is 4.78. The third-order valence-corrected chi connectivity index (χ3v) is 4.31. The lowest BCUT2D eigenvalue weighted by molar-refractivity contribution is -0.124. The number of aromatic nitrogens is 2. The van der Waals surface area contributed by atoms with Gasteiger partial charge in [0.2, 0.25) is 0 Å². The Morgan fingerprint density at radius 3 is 2.96 bits per heavy atom. The lowest BCUT2D eigenvalue weighted by Gasteiger charge is -2.36. The molecule has 1 aliphatic rings. The van der Waals surface area contributed by atoms with Gasteiger partial charge in [0.25, 0.3) is 5.91 Å². The number of carbonyl (C=O) groups excluding carboxylic acids is 1. The Kier molecular flexibility index (Phi) is 5.67. The zero-order valence-electron chi connectivity index (χ0n) is 13.5. The molecule has 8 heteroatoms. The van der Waals surface area contributed by atoms with Gasteiger partial charge in [-0.2, -0.15) is 0 Å². The topological polar surface area (TPSA) is 87.6 Å². The Hall–Kier alpha value is -2.38. The van der Waals surface area contributed by atoms with Crippen LogP contribution >= 0.6 is 11.6 Å². The highest BCUT2D eigenvalue weighted by Gasteiger charge is 2.29. The van der Waals surface area contributed by atoms with Crippen LogP contribution < -0.4 is 15.0 Å². The fraction of sp³-hybridized carbons (Fsp3) is 0.353. The number of halogens is 1. The first-order valence-electron chi connectivity index (χ1n) is 7.99. The fourth-order valence-corrected chi connectivity index (χ4v) is 2.91. The molecule has 0 unspecified atom stereocenters. The van der Waals surface area contributed by atoms with Crippen molar-refractivity contribution in [3.8, 4) is 5.75 Å². The van der Waals surface area contributed by atoms with Crippen LogP contribution in [0.4, 0.5) is 5.82 Å². The highest BCUT2D eigenvalue weighted by Crippen LogP contribution is 2.23. The third kappa shape index (κ3) is 4.58. The standard InChI is InChI=1S/C17H19ClN4O3/c18-12-3-1-2-4-15(12)25-11-17(24)21-13-5-8-22(10-14(13)23)16-9-19-6-7-20-16/h1-4,6-7,9,13-14,23H,5,8,10-11H2,(H,21,24)/t13-,14-/m1/s1. The van der Waals surface area contributed by atoms with E-state index in [0.717, 1.165) is 0 Å². The van der Waals surface area contributed by atoms with E-state index in [2.05, 4.69) is 15.3 Å². The molecule has 0 saturated carbocycles. The summed E-state index contributed by atoms with van der Waals surface area (Å²) in [5, 5.41) is 13.6. The van der Waals surface area contributed by atoms with E-state index in [0.29, 0.717) is 36.1 Å². The molecule has 2 atom stereocenters. The molecule has 7 nitrogen and oxygen atoms in total. The predicted molar refractivity (Wildman–Crippen MR) is 93.7 cm³/mol. The molecule has 1 amide bonds. The number of aliphatic hydroxyl groups excluding tert-OH is 1. The van der Waals surface area contributed by atoms with Crippen molar-refractivity contribution in [1.82, 2.24) is 15.3 Å². The minimum absolute atomic E-state index is 0.152. The van der Waals surface area contributed by atoms with Gasteiger partial charge in [-0.1, -0.05) is 23.7 Å². The number of piperidine rings is 1. The molecule has 0 bridgehead atoms. The molecule has 25 heavy (non-hydrogen) atoms. The first kappa shape index (κ1) is 17.4. The molecule has 2 N–H and O–H groups in total. The minimum Gasteiger partial charge on any atom is -0.482 e. The van der Waals surface area contributed by atoms with Gasteiger partial charge in [0.15, 0.2) is 6.61 Å². The zero-order valence-corrected chi connectivity index (χ0v) is 14.3. The minimum atomic E-state index is -0.694. The van der Waals surface area contributed by atoms with Crippen molar-refractivity contribution < 1.29 is 14.6 Å². The number of hydrogen-bond acceptors (Lipinski definition) is 6. The molecule has 1 fully saturated rings. The second kappa shape index (κ2) is 8.13. The molecule has 1 aromatic heterocycles. The monoisotopic (exact) mass is 362 g/mol. The van der Waals surface area contributed by atoms with Crippen LogP contribution in [-0.4, -0.2) is 52.8 Å². The van der Waals surface area contributed by atoms with E-state index in [1.165, 1.54) is 0 Å². The van der Waals surface area contributed by atoms with E-state index in [1.54, 1.807) is 42.9 Å². The number of benzene rings is 1. The zero-order chi connectivity index (χ0) is 17.6. The number of para-hydroxylation sites is 1. The maximum atomic E-state index is 12.1.